The smallest absolute Gasteiger partial charge is 0.288 e. The fraction of sp³-hybridized carbons (Fsp3) is 0.529. The number of carbonyl (C=O) groups excluding carboxylic acids is 2. The lowest BCUT2D eigenvalue weighted by Gasteiger charge is -2.27. The Labute approximate surface area is 125 Å². The van der Waals surface area contributed by atoms with E-state index in [-0.39, 0.29) is 17.9 Å². The SMILES string of the molecule is Cc1ccc(CN2C(=O)C[C@H]([NH+]3CCCCC3)C2=O)cc1. The van der Waals surface area contributed by atoms with Crippen molar-refractivity contribution < 1.29 is 14.5 Å². The van der Waals surface area contributed by atoms with Crippen molar-refractivity contribution in [1.29, 1.82) is 0 Å². The minimum atomic E-state index is -0.136. The first-order valence-corrected chi connectivity index (χ1v) is 7.89. The van der Waals surface area contributed by atoms with Crippen LogP contribution in [0.1, 0.15) is 36.8 Å². The van der Waals surface area contributed by atoms with Gasteiger partial charge < -0.3 is 4.90 Å². The third-order valence-electron chi connectivity index (χ3n) is 4.69. The highest BCUT2D eigenvalue weighted by Gasteiger charge is 2.44. The first-order valence-electron chi connectivity index (χ1n) is 7.89. The summed E-state index contributed by atoms with van der Waals surface area (Å²) in [6.07, 6.45) is 3.99. The largest absolute Gasteiger partial charge is 0.324 e. The molecule has 0 aliphatic carbocycles. The Morgan fingerprint density at radius 3 is 2.43 bits per heavy atom. The molecular weight excluding hydrogens is 264 g/mol. The molecule has 0 spiro atoms. The van der Waals surface area contributed by atoms with Gasteiger partial charge in [0.1, 0.15) is 0 Å². The number of benzene rings is 1. The number of rotatable bonds is 3. The van der Waals surface area contributed by atoms with E-state index in [0.29, 0.717) is 13.0 Å². The summed E-state index contributed by atoms with van der Waals surface area (Å²) in [5.74, 6) is 0.0149. The molecule has 2 heterocycles. The van der Waals surface area contributed by atoms with E-state index in [9.17, 15) is 9.59 Å². The Balaban J connectivity index is 1.69. The highest BCUT2D eigenvalue weighted by Crippen LogP contribution is 2.16. The molecule has 1 aromatic carbocycles. The van der Waals surface area contributed by atoms with E-state index in [0.717, 1.165) is 18.7 Å². The Morgan fingerprint density at radius 1 is 1.10 bits per heavy atom. The number of carbonyl (C=O) groups is 2. The van der Waals surface area contributed by atoms with Crippen LogP contribution >= 0.6 is 0 Å². The van der Waals surface area contributed by atoms with E-state index in [2.05, 4.69) is 0 Å². The number of likely N-dealkylation sites (tertiary alicyclic amines) is 2. The van der Waals surface area contributed by atoms with Gasteiger partial charge in [-0.3, -0.25) is 14.5 Å². The number of hydrogen-bond acceptors (Lipinski definition) is 2. The molecule has 0 saturated carbocycles. The molecule has 21 heavy (non-hydrogen) atoms. The van der Waals surface area contributed by atoms with Gasteiger partial charge in [0.15, 0.2) is 6.04 Å². The predicted molar refractivity (Wildman–Crippen MR) is 79.7 cm³/mol. The van der Waals surface area contributed by atoms with Crippen molar-refractivity contribution in [2.24, 2.45) is 0 Å². The molecule has 0 unspecified atom stereocenters. The third-order valence-corrected chi connectivity index (χ3v) is 4.69. The molecule has 1 aromatic rings. The molecule has 0 aromatic heterocycles. The molecule has 3 rings (SSSR count). The number of aryl methyl sites for hydroxylation is 1. The zero-order valence-electron chi connectivity index (χ0n) is 12.6. The fourth-order valence-corrected chi connectivity index (χ4v) is 3.40. The molecule has 4 nitrogen and oxygen atoms in total. The normalized spacial score (nSPS) is 23.9. The maximum Gasteiger partial charge on any atom is 0.288 e. The Kier molecular flexibility index (Phi) is 4.06. The monoisotopic (exact) mass is 287 g/mol. The average Bonchev–Trinajstić information content (AvgIpc) is 2.78. The number of imide groups is 1. The zero-order chi connectivity index (χ0) is 14.8. The predicted octanol–water partition coefficient (Wildman–Crippen LogP) is 0.691. The lowest BCUT2D eigenvalue weighted by molar-refractivity contribution is -0.919. The van der Waals surface area contributed by atoms with Gasteiger partial charge in [-0.1, -0.05) is 29.8 Å². The highest BCUT2D eigenvalue weighted by atomic mass is 16.2. The molecule has 1 N–H and O–H groups in total. The maximum atomic E-state index is 12.6. The summed E-state index contributed by atoms with van der Waals surface area (Å²) >= 11 is 0. The number of hydrogen-bond donors (Lipinski definition) is 1. The van der Waals surface area contributed by atoms with Crippen molar-refractivity contribution in [1.82, 2.24) is 4.90 Å². The van der Waals surface area contributed by atoms with E-state index >= 15 is 0 Å². The first-order chi connectivity index (χ1) is 10.1. The second-order valence-electron chi connectivity index (χ2n) is 6.28. The summed E-state index contributed by atoms with van der Waals surface area (Å²) in [5.41, 5.74) is 2.21. The van der Waals surface area contributed by atoms with Crippen LogP contribution in [0.4, 0.5) is 0 Å². The average molecular weight is 287 g/mol. The van der Waals surface area contributed by atoms with Crippen LogP contribution in [-0.2, 0) is 16.1 Å². The minimum absolute atomic E-state index is 0.0105. The summed E-state index contributed by atoms with van der Waals surface area (Å²) < 4.78 is 0. The van der Waals surface area contributed by atoms with Gasteiger partial charge in [-0.2, -0.15) is 0 Å². The summed E-state index contributed by atoms with van der Waals surface area (Å²) in [4.78, 5) is 27.5. The quantitative estimate of drug-likeness (QED) is 0.831. The van der Waals surface area contributed by atoms with E-state index in [1.165, 1.54) is 34.6 Å². The van der Waals surface area contributed by atoms with Crippen molar-refractivity contribution in [3.8, 4) is 0 Å². The number of nitrogens with zero attached hydrogens (tertiary/aromatic N) is 1. The van der Waals surface area contributed by atoms with Gasteiger partial charge in [0.2, 0.25) is 5.91 Å². The fourth-order valence-electron chi connectivity index (χ4n) is 3.40. The van der Waals surface area contributed by atoms with Gasteiger partial charge in [-0.15, -0.1) is 0 Å². The van der Waals surface area contributed by atoms with E-state index < -0.39 is 0 Å². The summed E-state index contributed by atoms with van der Waals surface area (Å²) in [6.45, 7) is 4.51. The Bertz CT molecular complexity index is 532. The number of nitrogens with one attached hydrogen (secondary N) is 1. The lowest BCUT2D eigenvalue weighted by atomic mass is 10.1. The molecule has 112 valence electrons. The summed E-state index contributed by atoms with van der Waals surface area (Å²) in [7, 11) is 0. The summed E-state index contributed by atoms with van der Waals surface area (Å²) in [5, 5.41) is 0. The van der Waals surface area contributed by atoms with Crippen molar-refractivity contribution >= 4 is 11.8 Å². The maximum absolute atomic E-state index is 12.6. The standard InChI is InChI=1S/C17H22N2O2/c1-13-5-7-14(8-6-13)12-19-16(20)11-15(17(19)21)18-9-3-2-4-10-18/h5-8,15H,2-4,9-12H2,1H3/p+1/t15-/m0/s1. The van der Waals surface area contributed by atoms with E-state index in [4.69, 9.17) is 0 Å². The van der Waals surface area contributed by atoms with Crippen molar-refractivity contribution in [3.05, 3.63) is 35.4 Å². The first kappa shape index (κ1) is 14.3. The number of quaternary nitrogens is 1. The van der Waals surface area contributed by atoms with Crippen molar-refractivity contribution in [3.63, 3.8) is 0 Å². The molecular formula is C17H23N2O2+. The second kappa shape index (κ2) is 5.98. The third kappa shape index (κ3) is 3.00. The molecule has 0 radical (unpaired) electrons. The van der Waals surface area contributed by atoms with E-state index in [1.54, 1.807) is 0 Å². The molecule has 2 amide bonds. The van der Waals surface area contributed by atoms with Gasteiger partial charge in [0, 0.05) is 0 Å². The Morgan fingerprint density at radius 2 is 1.76 bits per heavy atom. The number of piperidine rings is 1. The van der Waals surface area contributed by atoms with Crippen molar-refractivity contribution in [2.45, 2.75) is 45.2 Å². The summed E-state index contributed by atoms with van der Waals surface area (Å²) in [6, 6.07) is 7.90. The number of amides is 2. The lowest BCUT2D eigenvalue weighted by Crippen LogP contribution is -3.17. The van der Waals surface area contributed by atoms with Gasteiger partial charge in [-0.05, 0) is 31.7 Å². The van der Waals surface area contributed by atoms with Crippen LogP contribution in [0.2, 0.25) is 0 Å². The highest BCUT2D eigenvalue weighted by molar-refractivity contribution is 6.04. The molecule has 2 fully saturated rings. The van der Waals surface area contributed by atoms with Crippen LogP contribution < -0.4 is 4.90 Å². The molecule has 2 saturated heterocycles. The zero-order valence-corrected chi connectivity index (χ0v) is 12.6. The Hall–Kier alpha value is -1.68. The molecule has 2 aliphatic rings. The van der Waals surface area contributed by atoms with E-state index in [1.807, 2.05) is 31.2 Å². The molecule has 2 aliphatic heterocycles. The van der Waals surface area contributed by atoms with Gasteiger partial charge in [0.05, 0.1) is 26.1 Å². The van der Waals surface area contributed by atoms with Gasteiger partial charge >= 0.3 is 0 Å². The van der Waals surface area contributed by atoms with Crippen molar-refractivity contribution in [2.75, 3.05) is 13.1 Å². The topological polar surface area (TPSA) is 41.8 Å². The van der Waals surface area contributed by atoms with Gasteiger partial charge in [0.25, 0.3) is 5.91 Å². The molecule has 1 atom stereocenters. The van der Waals surface area contributed by atoms with Crippen LogP contribution in [0.15, 0.2) is 24.3 Å². The van der Waals surface area contributed by atoms with Crippen LogP contribution in [0.25, 0.3) is 0 Å². The van der Waals surface area contributed by atoms with Crippen LogP contribution in [-0.4, -0.2) is 35.8 Å². The minimum Gasteiger partial charge on any atom is -0.324 e. The van der Waals surface area contributed by atoms with Gasteiger partial charge in [-0.25, -0.2) is 0 Å². The van der Waals surface area contributed by atoms with Crippen LogP contribution in [0.5, 0.6) is 0 Å². The van der Waals surface area contributed by atoms with Crippen LogP contribution in [0.3, 0.4) is 0 Å². The molecule has 0 bridgehead atoms. The van der Waals surface area contributed by atoms with Crippen LogP contribution in [0, 0.1) is 6.92 Å². The molecule has 4 heteroatoms. The second-order valence-corrected chi connectivity index (χ2v) is 6.28.